The van der Waals surface area contributed by atoms with Crippen LogP contribution in [-0.4, -0.2) is 46.0 Å². The van der Waals surface area contributed by atoms with Crippen LogP contribution in [0.4, 0.5) is 9.59 Å². The molecule has 8 nitrogen and oxygen atoms in total. The van der Waals surface area contributed by atoms with E-state index in [0.29, 0.717) is 26.1 Å². The van der Waals surface area contributed by atoms with Gasteiger partial charge in [-0.15, -0.1) is 0 Å². The number of carbonyl (C=O) groups excluding carboxylic acids is 4. The first-order valence-electron chi connectivity index (χ1n) is 14.3. The highest BCUT2D eigenvalue weighted by atomic mass is 32.2. The Balaban J connectivity index is 0.998. The van der Waals surface area contributed by atoms with Gasteiger partial charge in [0.05, 0.1) is 23.7 Å². The summed E-state index contributed by atoms with van der Waals surface area (Å²) >= 11 is 2.09. The summed E-state index contributed by atoms with van der Waals surface area (Å²) in [5.41, 5.74) is 2.03. The number of amides is 4. The molecule has 6 rings (SSSR count). The Labute approximate surface area is 257 Å². The van der Waals surface area contributed by atoms with Gasteiger partial charge in [0.1, 0.15) is 11.5 Å². The molecule has 2 fully saturated rings. The average molecular weight is 615 g/mol. The fourth-order valence-corrected chi connectivity index (χ4v) is 7.17. The second-order valence-corrected chi connectivity index (χ2v) is 12.8. The molecule has 2 heterocycles. The number of nitrogens with one attached hydrogen (secondary N) is 2. The van der Waals surface area contributed by atoms with Crippen LogP contribution >= 0.6 is 23.5 Å². The van der Waals surface area contributed by atoms with Crippen molar-refractivity contribution in [1.82, 2.24) is 10.6 Å². The predicted octanol–water partition coefficient (Wildman–Crippen LogP) is 6.41. The van der Waals surface area contributed by atoms with E-state index in [1.54, 1.807) is 0 Å². The first-order valence-corrected chi connectivity index (χ1v) is 16.0. The van der Waals surface area contributed by atoms with Crippen LogP contribution in [0.1, 0.15) is 30.4 Å². The van der Waals surface area contributed by atoms with Crippen molar-refractivity contribution in [1.29, 1.82) is 0 Å². The van der Waals surface area contributed by atoms with Crippen LogP contribution in [0.25, 0.3) is 21.5 Å². The van der Waals surface area contributed by atoms with Crippen molar-refractivity contribution >= 4 is 67.4 Å². The van der Waals surface area contributed by atoms with E-state index >= 15 is 0 Å². The average Bonchev–Trinajstić information content (AvgIpc) is 3.51. The predicted molar refractivity (Wildman–Crippen MR) is 170 cm³/mol. The summed E-state index contributed by atoms with van der Waals surface area (Å²) in [6, 6.07) is 23.8. The van der Waals surface area contributed by atoms with Crippen LogP contribution in [-0.2, 0) is 22.4 Å². The summed E-state index contributed by atoms with van der Waals surface area (Å²) in [6.45, 7) is 1.15. The van der Waals surface area contributed by atoms with Crippen molar-refractivity contribution in [2.24, 2.45) is 0 Å². The molecule has 220 valence electrons. The number of rotatable bonds is 12. The van der Waals surface area contributed by atoms with E-state index in [1.165, 1.54) is 0 Å². The highest BCUT2D eigenvalue weighted by molar-refractivity contribution is 8.15. The molecule has 0 spiro atoms. The third kappa shape index (κ3) is 6.65. The Morgan fingerprint density at radius 2 is 0.953 bits per heavy atom. The smallest absolute Gasteiger partial charge is 0.286 e. The molecule has 0 bridgehead atoms. The molecule has 4 aromatic rings. The minimum atomic E-state index is -0.410. The maximum absolute atomic E-state index is 12.1. The van der Waals surface area contributed by atoms with E-state index in [0.717, 1.165) is 87.0 Å². The summed E-state index contributed by atoms with van der Waals surface area (Å²) in [4.78, 5) is 47.3. The van der Waals surface area contributed by atoms with Crippen molar-refractivity contribution in [3.05, 3.63) is 83.9 Å². The van der Waals surface area contributed by atoms with Crippen LogP contribution < -0.4 is 20.1 Å². The first kappa shape index (κ1) is 29.1. The zero-order chi connectivity index (χ0) is 29.8. The molecule has 0 aliphatic carbocycles. The molecule has 2 N–H and O–H groups in total. The number of imide groups is 2. The summed E-state index contributed by atoms with van der Waals surface area (Å²) in [7, 11) is 0. The molecule has 2 saturated heterocycles. The highest BCUT2D eigenvalue weighted by Crippen LogP contribution is 2.33. The van der Waals surface area contributed by atoms with Crippen molar-refractivity contribution in [3.8, 4) is 11.5 Å². The van der Waals surface area contributed by atoms with Gasteiger partial charge in [0.25, 0.3) is 10.5 Å². The molecule has 2 atom stereocenters. The third-order valence-electron chi connectivity index (χ3n) is 7.60. The number of benzene rings is 4. The van der Waals surface area contributed by atoms with Crippen LogP contribution in [0.5, 0.6) is 11.5 Å². The van der Waals surface area contributed by atoms with Crippen molar-refractivity contribution in [2.45, 2.75) is 42.6 Å². The number of hydrogen-bond acceptors (Lipinski definition) is 8. The van der Waals surface area contributed by atoms with Crippen molar-refractivity contribution in [3.63, 3.8) is 0 Å². The molecule has 43 heavy (non-hydrogen) atoms. The van der Waals surface area contributed by atoms with Gasteiger partial charge >= 0.3 is 0 Å². The van der Waals surface area contributed by atoms with Gasteiger partial charge in [0, 0.05) is 10.8 Å². The minimum Gasteiger partial charge on any atom is -0.493 e. The number of carbonyl (C=O) groups is 4. The zero-order valence-electron chi connectivity index (χ0n) is 23.3. The van der Waals surface area contributed by atoms with Crippen LogP contribution in [0, 0.1) is 0 Å². The molecule has 2 aliphatic rings. The van der Waals surface area contributed by atoms with Gasteiger partial charge in [0.15, 0.2) is 0 Å². The lowest BCUT2D eigenvalue weighted by molar-refractivity contribution is -0.119. The summed E-state index contributed by atoms with van der Waals surface area (Å²) in [5.74, 6) is 1.14. The maximum atomic E-state index is 12.1. The standard InChI is InChI=1S/C33H30N2O6S2/c36-30-28(42-32(38)34-30)18-20-12-14-26(24-10-4-2-8-22(20)24)40-16-6-1-7-17-41-27-15-13-21(23-9-3-5-11-25(23)27)19-29-31(37)35-33(39)43-29/h2-5,8-15,28-29H,1,6-7,16-19H2,(H,34,36,38)(H,35,37,39). The van der Waals surface area contributed by atoms with Gasteiger partial charge in [-0.3, -0.25) is 29.8 Å². The Kier molecular flexibility index (Phi) is 8.85. The summed E-state index contributed by atoms with van der Waals surface area (Å²) in [5, 5.41) is 7.35. The van der Waals surface area contributed by atoms with E-state index < -0.39 is 10.5 Å². The lowest BCUT2D eigenvalue weighted by atomic mass is 9.99. The zero-order valence-corrected chi connectivity index (χ0v) is 24.9. The fourth-order valence-electron chi connectivity index (χ4n) is 5.48. The summed E-state index contributed by atoms with van der Waals surface area (Å²) < 4.78 is 12.3. The van der Waals surface area contributed by atoms with Crippen LogP contribution in [0.2, 0.25) is 0 Å². The molecule has 0 aromatic heterocycles. The van der Waals surface area contributed by atoms with E-state index in [2.05, 4.69) is 10.6 Å². The molecule has 10 heteroatoms. The van der Waals surface area contributed by atoms with Gasteiger partial charge in [-0.25, -0.2) is 0 Å². The number of unbranched alkanes of at least 4 members (excludes halogenated alkanes) is 2. The van der Waals surface area contributed by atoms with Gasteiger partial charge < -0.3 is 9.47 Å². The van der Waals surface area contributed by atoms with Gasteiger partial charge in [0.2, 0.25) is 11.8 Å². The molecular formula is C33H30N2O6S2. The number of thioether (sulfide) groups is 2. The molecule has 4 amide bonds. The van der Waals surface area contributed by atoms with Gasteiger partial charge in [-0.1, -0.05) is 84.2 Å². The number of hydrogen-bond donors (Lipinski definition) is 2. The van der Waals surface area contributed by atoms with Gasteiger partial charge in [-0.05, 0) is 66.1 Å². The SMILES string of the molecule is O=C1NC(=O)C(Cc2ccc(OCCCCCOc3ccc(CC4SC(=O)NC4=O)c4ccccc34)c3ccccc23)S1. The minimum absolute atomic E-state index is 0.235. The molecule has 0 saturated carbocycles. The highest BCUT2D eigenvalue weighted by Gasteiger charge is 2.33. The van der Waals surface area contributed by atoms with E-state index in [-0.39, 0.29) is 22.3 Å². The van der Waals surface area contributed by atoms with E-state index in [4.69, 9.17) is 9.47 Å². The lowest BCUT2D eigenvalue weighted by Gasteiger charge is -2.14. The quantitative estimate of drug-likeness (QED) is 0.176. The number of ether oxygens (including phenoxy) is 2. The lowest BCUT2D eigenvalue weighted by Crippen LogP contribution is -2.25. The van der Waals surface area contributed by atoms with Crippen molar-refractivity contribution in [2.75, 3.05) is 13.2 Å². The second kappa shape index (κ2) is 13.1. The Morgan fingerprint density at radius 1 is 0.535 bits per heavy atom. The van der Waals surface area contributed by atoms with Crippen LogP contribution in [0.3, 0.4) is 0 Å². The normalized spacial score (nSPS) is 18.3. The first-order chi connectivity index (χ1) is 21.0. The molecular weight excluding hydrogens is 585 g/mol. The largest absolute Gasteiger partial charge is 0.493 e. The molecule has 0 radical (unpaired) electrons. The van der Waals surface area contributed by atoms with E-state index in [9.17, 15) is 19.2 Å². The molecule has 2 unspecified atom stereocenters. The maximum Gasteiger partial charge on any atom is 0.286 e. The third-order valence-corrected chi connectivity index (χ3v) is 9.56. The molecule has 2 aliphatic heterocycles. The van der Waals surface area contributed by atoms with E-state index in [1.807, 2.05) is 72.8 Å². The van der Waals surface area contributed by atoms with Crippen LogP contribution in [0.15, 0.2) is 72.8 Å². The van der Waals surface area contributed by atoms with Crippen molar-refractivity contribution < 1.29 is 28.7 Å². The second-order valence-electron chi connectivity index (χ2n) is 10.5. The molecule has 4 aromatic carbocycles. The van der Waals surface area contributed by atoms with Gasteiger partial charge in [-0.2, -0.15) is 0 Å². The Hall–Kier alpha value is -4.02. The summed E-state index contributed by atoms with van der Waals surface area (Å²) in [6.07, 6.45) is 3.66. The topological polar surface area (TPSA) is 111 Å². The number of fused-ring (bicyclic) bond motifs is 2. The monoisotopic (exact) mass is 614 g/mol. The Bertz CT molecular complexity index is 1600. The Morgan fingerprint density at radius 3 is 1.35 bits per heavy atom. The fraction of sp³-hybridized carbons (Fsp3) is 0.273.